The molecule has 44 heavy (non-hydrogen) atoms. The van der Waals surface area contributed by atoms with Crippen LogP contribution in [0.2, 0.25) is 0 Å². The number of anilines is 2. The number of halogens is 2. The van der Waals surface area contributed by atoms with Crippen LogP contribution in [-0.2, 0) is 26.4 Å². The molecule has 2 aromatic rings. The van der Waals surface area contributed by atoms with E-state index < -0.39 is 12.0 Å². The van der Waals surface area contributed by atoms with Crippen molar-refractivity contribution in [3.63, 3.8) is 0 Å². The summed E-state index contributed by atoms with van der Waals surface area (Å²) in [6.07, 6.45) is 6.55. The lowest BCUT2D eigenvalue weighted by atomic mass is 9.84. The van der Waals surface area contributed by atoms with Gasteiger partial charge in [-0.05, 0) is 37.8 Å². The van der Waals surface area contributed by atoms with Crippen molar-refractivity contribution in [2.24, 2.45) is 0 Å². The lowest BCUT2D eigenvalue weighted by Crippen LogP contribution is -2.69. The number of ether oxygens (including phenoxy) is 2. The van der Waals surface area contributed by atoms with Crippen LogP contribution in [-0.4, -0.2) is 108 Å². The Balaban J connectivity index is 1.11. The molecule has 7 rings (SSSR count). The van der Waals surface area contributed by atoms with E-state index in [0.29, 0.717) is 69.6 Å². The van der Waals surface area contributed by atoms with Gasteiger partial charge >= 0.3 is 0 Å². The molecule has 0 unspecified atom stereocenters. The van der Waals surface area contributed by atoms with E-state index >= 15 is 0 Å². The molecule has 3 saturated heterocycles. The van der Waals surface area contributed by atoms with Crippen LogP contribution >= 0.6 is 0 Å². The minimum absolute atomic E-state index is 0.0278. The van der Waals surface area contributed by atoms with Crippen LogP contribution in [0.5, 0.6) is 0 Å². The van der Waals surface area contributed by atoms with Gasteiger partial charge in [0.15, 0.2) is 0 Å². The second-order valence-corrected chi connectivity index (χ2v) is 12.6. The van der Waals surface area contributed by atoms with Gasteiger partial charge < -0.3 is 24.2 Å². The molecule has 7 heterocycles. The van der Waals surface area contributed by atoms with Crippen LogP contribution in [0.25, 0.3) is 6.08 Å². The van der Waals surface area contributed by atoms with E-state index in [0.717, 1.165) is 43.0 Å². The van der Waals surface area contributed by atoms with Gasteiger partial charge in [-0.3, -0.25) is 14.4 Å². The Morgan fingerprint density at radius 3 is 2.66 bits per heavy atom. The SMILES string of the molecule is C=CC(=O)N1CCN([C@@H]2CN3c4cc(N5CCC6(CC5)O[C@@H](COC)Cn5ncc(C)c56)nc(C(F)F)c4C=CC[C@@H]23)CC1. The third-order valence-electron chi connectivity index (χ3n) is 10.2. The molecular formula is C32H41F2N7O3. The molecule has 3 atom stereocenters. The number of aryl methyl sites for hydroxylation is 1. The average molecular weight is 610 g/mol. The summed E-state index contributed by atoms with van der Waals surface area (Å²) in [4.78, 5) is 25.3. The minimum Gasteiger partial charge on any atom is -0.382 e. The number of pyridine rings is 1. The molecule has 10 nitrogen and oxygen atoms in total. The summed E-state index contributed by atoms with van der Waals surface area (Å²) in [7, 11) is 1.68. The summed E-state index contributed by atoms with van der Waals surface area (Å²) >= 11 is 0. The molecule has 236 valence electrons. The first-order valence-electron chi connectivity index (χ1n) is 15.7. The molecule has 0 saturated carbocycles. The van der Waals surface area contributed by atoms with E-state index in [9.17, 15) is 13.6 Å². The van der Waals surface area contributed by atoms with E-state index in [4.69, 9.17) is 9.47 Å². The quantitative estimate of drug-likeness (QED) is 0.462. The smallest absolute Gasteiger partial charge is 0.281 e. The molecule has 1 amide bonds. The van der Waals surface area contributed by atoms with E-state index in [1.807, 2.05) is 29.3 Å². The summed E-state index contributed by atoms with van der Waals surface area (Å²) in [6, 6.07) is 2.52. The first-order chi connectivity index (χ1) is 21.3. The van der Waals surface area contributed by atoms with Crippen molar-refractivity contribution >= 4 is 23.5 Å². The van der Waals surface area contributed by atoms with Gasteiger partial charge in [-0.25, -0.2) is 13.8 Å². The van der Waals surface area contributed by atoms with Crippen molar-refractivity contribution in [2.45, 2.75) is 62.9 Å². The molecule has 5 aliphatic rings. The van der Waals surface area contributed by atoms with E-state index in [-0.39, 0.29) is 23.7 Å². The van der Waals surface area contributed by atoms with Crippen molar-refractivity contribution in [1.29, 1.82) is 0 Å². The van der Waals surface area contributed by atoms with Gasteiger partial charge in [0.25, 0.3) is 6.43 Å². The fraction of sp³-hybridized carbons (Fsp3) is 0.594. The third-order valence-corrected chi connectivity index (χ3v) is 10.2. The van der Waals surface area contributed by atoms with Crippen LogP contribution < -0.4 is 9.80 Å². The van der Waals surface area contributed by atoms with Crippen LogP contribution in [0.4, 0.5) is 20.3 Å². The zero-order valence-electron chi connectivity index (χ0n) is 25.5. The van der Waals surface area contributed by atoms with Gasteiger partial charge in [0, 0.05) is 76.6 Å². The first-order valence-corrected chi connectivity index (χ1v) is 15.7. The molecule has 0 N–H and O–H groups in total. The van der Waals surface area contributed by atoms with Gasteiger partial charge in [0.1, 0.15) is 23.2 Å². The number of methoxy groups -OCH3 is 1. The number of hydrogen-bond donors (Lipinski definition) is 0. The average Bonchev–Trinajstić information content (AvgIpc) is 3.33. The van der Waals surface area contributed by atoms with E-state index in [1.165, 1.54) is 6.08 Å². The number of fused-ring (bicyclic) bond motifs is 5. The number of carbonyl (C=O) groups excluding carboxylic acids is 1. The second-order valence-electron chi connectivity index (χ2n) is 12.6. The molecule has 0 bridgehead atoms. The highest BCUT2D eigenvalue weighted by Gasteiger charge is 2.47. The highest BCUT2D eigenvalue weighted by molar-refractivity contribution is 5.87. The van der Waals surface area contributed by atoms with Crippen molar-refractivity contribution in [3.05, 3.63) is 53.5 Å². The highest BCUT2D eigenvalue weighted by Crippen LogP contribution is 2.45. The third kappa shape index (κ3) is 4.91. The van der Waals surface area contributed by atoms with Gasteiger partial charge in [-0.15, -0.1) is 0 Å². The fourth-order valence-electron chi connectivity index (χ4n) is 8.00. The number of piperazine rings is 1. The summed E-state index contributed by atoms with van der Waals surface area (Å²) in [5.41, 5.74) is 2.94. The van der Waals surface area contributed by atoms with Crippen LogP contribution in [0, 0.1) is 6.92 Å². The summed E-state index contributed by atoms with van der Waals surface area (Å²) < 4.78 is 43.2. The van der Waals surface area contributed by atoms with Gasteiger partial charge in [0.2, 0.25) is 5.91 Å². The first kappa shape index (κ1) is 29.4. The maximum atomic E-state index is 14.5. The molecule has 5 aliphatic heterocycles. The lowest BCUT2D eigenvalue weighted by molar-refractivity contribution is -0.159. The van der Waals surface area contributed by atoms with Crippen LogP contribution in [0.15, 0.2) is 31.0 Å². The number of aromatic nitrogens is 3. The fourth-order valence-corrected chi connectivity index (χ4v) is 8.00. The Morgan fingerprint density at radius 2 is 1.95 bits per heavy atom. The van der Waals surface area contributed by atoms with Gasteiger partial charge in [-0.2, -0.15) is 5.10 Å². The zero-order valence-corrected chi connectivity index (χ0v) is 25.5. The predicted octanol–water partition coefficient (Wildman–Crippen LogP) is 3.37. The normalized spacial score (nSPS) is 26.2. The van der Waals surface area contributed by atoms with E-state index in [1.54, 1.807) is 7.11 Å². The summed E-state index contributed by atoms with van der Waals surface area (Å²) in [5, 5.41) is 4.62. The van der Waals surface area contributed by atoms with Crippen LogP contribution in [0.1, 0.15) is 48.2 Å². The predicted molar refractivity (Wildman–Crippen MR) is 163 cm³/mol. The van der Waals surface area contributed by atoms with Gasteiger partial charge in [-0.1, -0.05) is 18.7 Å². The lowest BCUT2D eigenvalue weighted by Gasteiger charge is -2.55. The number of hydrogen-bond acceptors (Lipinski definition) is 8. The Hall–Kier alpha value is -3.35. The monoisotopic (exact) mass is 609 g/mol. The van der Waals surface area contributed by atoms with Crippen molar-refractivity contribution in [1.82, 2.24) is 24.6 Å². The molecule has 0 radical (unpaired) electrons. The van der Waals surface area contributed by atoms with Gasteiger partial charge in [0.05, 0.1) is 30.7 Å². The summed E-state index contributed by atoms with van der Waals surface area (Å²) in [6.45, 7) is 11.8. The largest absolute Gasteiger partial charge is 0.382 e. The Bertz CT molecular complexity index is 1450. The maximum Gasteiger partial charge on any atom is 0.281 e. The summed E-state index contributed by atoms with van der Waals surface area (Å²) in [5.74, 6) is 0.567. The van der Waals surface area contributed by atoms with Crippen molar-refractivity contribution < 1.29 is 23.0 Å². The van der Waals surface area contributed by atoms with Crippen molar-refractivity contribution in [2.75, 3.05) is 69.3 Å². The highest BCUT2D eigenvalue weighted by atomic mass is 19.3. The number of amides is 1. The number of piperidine rings is 1. The number of nitrogens with zero attached hydrogens (tertiary/aromatic N) is 7. The molecule has 0 aromatic carbocycles. The Morgan fingerprint density at radius 1 is 1.18 bits per heavy atom. The molecular weight excluding hydrogens is 568 g/mol. The maximum absolute atomic E-state index is 14.5. The molecule has 3 fully saturated rings. The molecule has 12 heteroatoms. The molecule has 0 aliphatic carbocycles. The van der Waals surface area contributed by atoms with E-state index in [2.05, 4.69) is 43.0 Å². The van der Waals surface area contributed by atoms with Crippen LogP contribution in [0.3, 0.4) is 0 Å². The number of rotatable bonds is 6. The number of alkyl halides is 2. The minimum atomic E-state index is -2.68. The molecule has 2 aromatic heterocycles. The Kier molecular flexibility index (Phi) is 7.70. The standard InChI is InChI=1S/C32H41F2N7O3/c1-4-28(42)39-14-12-37(13-15-39)26-19-40-24(26)7-5-6-23-25(40)16-27(36-29(23)31(33)34)38-10-8-32(9-11-38)30-21(2)17-35-41(30)18-22(44-32)20-43-3/h4-6,16-17,22,24,26,31H,1,7-15,18-20H2,2-3H3/t22-,24+,26-/m1/s1. The topological polar surface area (TPSA) is 79.2 Å². The molecule has 1 spiro atoms. The Labute approximate surface area is 256 Å². The number of carbonyl (C=O) groups is 1. The second kappa shape index (κ2) is 11.5. The van der Waals surface area contributed by atoms with Crippen molar-refractivity contribution in [3.8, 4) is 0 Å². The zero-order chi connectivity index (χ0) is 30.6.